The third-order valence-electron chi connectivity index (χ3n) is 0.970. The summed E-state index contributed by atoms with van der Waals surface area (Å²) in [5.74, 6) is 0. The minimum Gasteiger partial charge on any atom is -0.389 e. The van der Waals surface area contributed by atoms with Gasteiger partial charge in [-0.1, -0.05) is 49.1 Å². The Morgan fingerprint density at radius 1 is 1.09 bits per heavy atom. The van der Waals surface area contributed by atoms with E-state index < -0.39 is 0 Å². The third-order valence-corrected chi connectivity index (χ3v) is 0.970. The van der Waals surface area contributed by atoms with E-state index in [9.17, 15) is 0 Å². The normalized spacial score (nSPS) is 15.1. The predicted molar refractivity (Wildman–Crippen MR) is 49.3 cm³/mol. The molecule has 0 aromatic carbocycles. The zero-order valence-electron chi connectivity index (χ0n) is 6.77. The van der Waals surface area contributed by atoms with E-state index in [0.717, 1.165) is 0 Å². The van der Waals surface area contributed by atoms with Gasteiger partial charge in [0.15, 0.2) is 0 Å². The molecule has 0 amide bonds. The summed E-state index contributed by atoms with van der Waals surface area (Å²) in [7, 11) is 0. The van der Waals surface area contributed by atoms with Crippen molar-refractivity contribution in [2.45, 2.75) is 13.0 Å². The summed E-state index contributed by atoms with van der Waals surface area (Å²) in [6, 6.07) is 0. The molecule has 0 aliphatic rings. The van der Waals surface area contributed by atoms with Gasteiger partial charge in [-0.05, 0) is 6.92 Å². The second kappa shape index (κ2) is 7.03. The van der Waals surface area contributed by atoms with Gasteiger partial charge < -0.3 is 5.11 Å². The largest absolute Gasteiger partial charge is 0.389 e. The van der Waals surface area contributed by atoms with Crippen LogP contribution in [0.2, 0.25) is 0 Å². The fraction of sp³-hybridized carbons (Fsp3) is 0.200. The van der Waals surface area contributed by atoms with E-state index in [0.29, 0.717) is 0 Å². The maximum Gasteiger partial charge on any atom is 0.0695 e. The first-order valence-corrected chi connectivity index (χ1v) is 3.58. The summed E-state index contributed by atoms with van der Waals surface area (Å²) in [5.41, 5.74) is 0. The lowest BCUT2D eigenvalue weighted by molar-refractivity contribution is 0.244. The fourth-order valence-corrected chi connectivity index (χ4v) is 0.496. The summed E-state index contributed by atoms with van der Waals surface area (Å²) >= 11 is 0. The van der Waals surface area contributed by atoms with Crippen LogP contribution in [0, 0.1) is 0 Å². The van der Waals surface area contributed by atoms with Gasteiger partial charge in [0.2, 0.25) is 0 Å². The average molecular weight is 150 g/mol. The van der Waals surface area contributed by atoms with Crippen LogP contribution in [0.25, 0.3) is 0 Å². The molecule has 0 radical (unpaired) electrons. The van der Waals surface area contributed by atoms with Crippen LogP contribution in [0.1, 0.15) is 6.92 Å². The highest BCUT2D eigenvalue weighted by atomic mass is 16.3. The SMILES string of the molecule is C=CC=CC=CC=CC(C)O. The number of rotatable bonds is 4. The molecule has 0 rings (SSSR count). The highest BCUT2D eigenvalue weighted by Gasteiger charge is 1.79. The molecule has 0 spiro atoms. The lowest BCUT2D eigenvalue weighted by Crippen LogP contribution is -1.90. The molecule has 0 saturated heterocycles. The van der Waals surface area contributed by atoms with E-state index in [1.807, 2.05) is 24.3 Å². The van der Waals surface area contributed by atoms with Gasteiger partial charge in [-0.2, -0.15) is 0 Å². The fourth-order valence-electron chi connectivity index (χ4n) is 0.496. The van der Waals surface area contributed by atoms with E-state index in [-0.39, 0.29) is 6.10 Å². The Bertz CT molecular complexity index is 173. The Hall–Kier alpha value is -1.08. The minimum absolute atomic E-state index is 0.372. The van der Waals surface area contributed by atoms with Gasteiger partial charge >= 0.3 is 0 Å². The third kappa shape index (κ3) is 8.92. The summed E-state index contributed by atoms with van der Waals surface area (Å²) < 4.78 is 0. The molecule has 0 saturated carbocycles. The van der Waals surface area contributed by atoms with E-state index in [2.05, 4.69) is 6.58 Å². The van der Waals surface area contributed by atoms with E-state index >= 15 is 0 Å². The quantitative estimate of drug-likeness (QED) is 0.609. The van der Waals surface area contributed by atoms with Crippen molar-refractivity contribution in [3.8, 4) is 0 Å². The maximum absolute atomic E-state index is 8.80. The number of hydrogen-bond donors (Lipinski definition) is 1. The number of hydrogen-bond acceptors (Lipinski definition) is 1. The van der Waals surface area contributed by atoms with Crippen LogP contribution < -0.4 is 0 Å². The topological polar surface area (TPSA) is 20.2 Å². The minimum atomic E-state index is -0.372. The molecule has 1 atom stereocenters. The molecule has 0 aromatic rings. The Balaban J connectivity index is 3.59. The summed E-state index contributed by atoms with van der Waals surface area (Å²) in [6.07, 6.45) is 12.3. The Morgan fingerprint density at radius 3 is 2.18 bits per heavy atom. The molecule has 0 bridgehead atoms. The Labute approximate surface area is 68.1 Å². The molecule has 1 nitrogen and oxygen atoms in total. The lowest BCUT2D eigenvalue weighted by atomic mass is 10.3. The first kappa shape index (κ1) is 9.92. The number of aliphatic hydroxyl groups excluding tert-OH is 1. The van der Waals surface area contributed by atoms with Crippen molar-refractivity contribution >= 4 is 0 Å². The van der Waals surface area contributed by atoms with Crippen LogP contribution in [-0.2, 0) is 0 Å². The van der Waals surface area contributed by atoms with Gasteiger partial charge in [0, 0.05) is 0 Å². The molecule has 1 unspecified atom stereocenters. The van der Waals surface area contributed by atoms with Crippen LogP contribution in [0.5, 0.6) is 0 Å². The molecular weight excluding hydrogens is 136 g/mol. The predicted octanol–water partition coefficient (Wildman–Crippen LogP) is 2.22. The van der Waals surface area contributed by atoms with Gasteiger partial charge in [-0.25, -0.2) is 0 Å². The molecule has 1 N–H and O–H groups in total. The molecule has 0 aliphatic heterocycles. The van der Waals surface area contributed by atoms with Gasteiger partial charge in [-0.15, -0.1) is 0 Å². The molecule has 0 aliphatic carbocycles. The number of aliphatic hydroxyl groups is 1. The van der Waals surface area contributed by atoms with Gasteiger partial charge in [0.05, 0.1) is 6.10 Å². The van der Waals surface area contributed by atoms with E-state index in [1.54, 1.807) is 25.2 Å². The average Bonchev–Trinajstić information content (AvgIpc) is 1.96. The standard InChI is InChI=1S/C10H14O/c1-3-4-5-6-7-8-9-10(2)11/h3-11H,1H2,2H3. The second-order valence-electron chi connectivity index (χ2n) is 2.13. The van der Waals surface area contributed by atoms with Crippen LogP contribution in [0.3, 0.4) is 0 Å². The van der Waals surface area contributed by atoms with E-state index in [4.69, 9.17) is 5.11 Å². The van der Waals surface area contributed by atoms with Crippen LogP contribution in [0.4, 0.5) is 0 Å². The van der Waals surface area contributed by atoms with Crippen molar-refractivity contribution in [3.05, 3.63) is 49.1 Å². The smallest absolute Gasteiger partial charge is 0.0695 e. The van der Waals surface area contributed by atoms with Gasteiger partial charge in [-0.3, -0.25) is 0 Å². The molecule has 1 heteroatoms. The Kier molecular flexibility index (Phi) is 6.34. The monoisotopic (exact) mass is 150 g/mol. The van der Waals surface area contributed by atoms with Crippen molar-refractivity contribution in [1.29, 1.82) is 0 Å². The first-order valence-electron chi connectivity index (χ1n) is 3.58. The zero-order valence-corrected chi connectivity index (χ0v) is 6.77. The molecule has 11 heavy (non-hydrogen) atoms. The molecule has 0 heterocycles. The van der Waals surface area contributed by atoms with Gasteiger partial charge in [0.25, 0.3) is 0 Å². The van der Waals surface area contributed by atoms with Gasteiger partial charge in [0.1, 0.15) is 0 Å². The highest BCUT2D eigenvalue weighted by Crippen LogP contribution is 1.84. The second-order valence-corrected chi connectivity index (χ2v) is 2.13. The van der Waals surface area contributed by atoms with Crippen LogP contribution in [-0.4, -0.2) is 11.2 Å². The van der Waals surface area contributed by atoms with Crippen molar-refractivity contribution in [2.75, 3.05) is 0 Å². The molecule has 0 fully saturated rings. The number of allylic oxidation sites excluding steroid dienone is 6. The lowest BCUT2D eigenvalue weighted by Gasteiger charge is -1.88. The Morgan fingerprint density at radius 2 is 1.64 bits per heavy atom. The van der Waals surface area contributed by atoms with E-state index in [1.165, 1.54) is 0 Å². The summed E-state index contributed by atoms with van der Waals surface area (Å²) in [4.78, 5) is 0. The molecular formula is C10H14O. The van der Waals surface area contributed by atoms with Crippen LogP contribution in [0.15, 0.2) is 49.1 Å². The maximum atomic E-state index is 8.80. The van der Waals surface area contributed by atoms with Crippen LogP contribution >= 0.6 is 0 Å². The van der Waals surface area contributed by atoms with Crippen molar-refractivity contribution < 1.29 is 5.11 Å². The highest BCUT2D eigenvalue weighted by molar-refractivity contribution is 5.14. The van der Waals surface area contributed by atoms with Crippen molar-refractivity contribution in [3.63, 3.8) is 0 Å². The van der Waals surface area contributed by atoms with Crippen molar-refractivity contribution in [2.24, 2.45) is 0 Å². The first-order chi connectivity index (χ1) is 5.27. The summed E-state index contributed by atoms with van der Waals surface area (Å²) in [5, 5.41) is 8.80. The van der Waals surface area contributed by atoms with Crippen molar-refractivity contribution in [1.82, 2.24) is 0 Å². The summed E-state index contributed by atoms with van der Waals surface area (Å²) in [6.45, 7) is 5.24. The zero-order chi connectivity index (χ0) is 8.53. The molecule has 0 aromatic heterocycles. The molecule has 60 valence electrons.